The van der Waals surface area contributed by atoms with Crippen LogP contribution in [0.2, 0.25) is 10.0 Å². The maximum absolute atomic E-state index is 12.6. The zero-order chi connectivity index (χ0) is 26.1. The average molecular weight is 549 g/mol. The van der Waals surface area contributed by atoms with Gasteiger partial charge in [0.25, 0.3) is 5.91 Å². The van der Waals surface area contributed by atoms with Crippen LogP contribution >= 0.6 is 23.2 Å². The normalized spacial score (nSPS) is 11.4. The van der Waals surface area contributed by atoms with Crippen LogP contribution in [-0.2, 0) is 4.79 Å². The number of benzene rings is 2. The van der Waals surface area contributed by atoms with E-state index in [0.717, 1.165) is 11.3 Å². The maximum atomic E-state index is 12.6. The van der Waals surface area contributed by atoms with Gasteiger partial charge in [-0.05, 0) is 56.2 Å². The van der Waals surface area contributed by atoms with Gasteiger partial charge in [-0.25, -0.2) is 14.8 Å². The molecular formula is C27H27Cl2N4NaO3. The Balaban J connectivity index is 0.00000481. The molecule has 0 bridgehead atoms. The minimum absolute atomic E-state index is 0. The Bertz CT molecular complexity index is 1240. The number of nitrogens with zero attached hydrogens (tertiary/aromatic N) is 3. The summed E-state index contributed by atoms with van der Waals surface area (Å²) in [6, 6.07) is 13.0. The average Bonchev–Trinajstić information content (AvgIpc) is 2.84. The van der Waals surface area contributed by atoms with Crippen molar-refractivity contribution >= 4 is 82.3 Å². The Morgan fingerprint density at radius 3 is 2.22 bits per heavy atom. The van der Waals surface area contributed by atoms with E-state index in [9.17, 15) is 14.7 Å². The number of carbonyl (C=O) groups excluding carboxylic acids is 1. The van der Waals surface area contributed by atoms with Crippen LogP contribution in [0.3, 0.4) is 0 Å². The van der Waals surface area contributed by atoms with Gasteiger partial charge in [0.05, 0.1) is 15.6 Å². The van der Waals surface area contributed by atoms with E-state index >= 15 is 0 Å². The number of allylic oxidation sites excluding steroid dienone is 1. The summed E-state index contributed by atoms with van der Waals surface area (Å²) in [5.74, 6) is -1.21. The van der Waals surface area contributed by atoms with Gasteiger partial charge in [0, 0.05) is 24.6 Å². The van der Waals surface area contributed by atoms with Crippen molar-refractivity contribution in [2.45, 2.75) is 26.3 Å². The predicted octanol–water partition coefficient (Wildman–Crippen LogP) is 5.53. The summed E-state index contributed by atoms with van der Waals surface area (Å²) in [7, 11) is 0. The summed E-state index contributed by atoms with van der Waals surface area (Å²) in [5.41, 5.74) is 3.03. The predicted molar refractivity (Wildman–Crippen MR) is 151 cm³/mol. The molecule has 0 saturated heterocycles. The molecule has 1 atom stereocenters. The van der Waals surface area contributed by atoms with E-state index in [1.807, 2.05) is 43.0 Å². The first kappa shape index (κ1) is 30.5. The zero-order valence-corrected chi connectivity index (χ0v) is 21.4. The number of halogens is 2. The van der Waals surface area contributed by atoms with Gasteiger partial charge in [0.2, 0.25) is 5.95 Å². The van der Waals surface area contributed by atoms with Crippen molar-refractivity contribution in [2.75, 3.05) is 11.4 Å². The molecule has 0 saturated carbocycles. The molecule has 188 valence electrons. The van der Waals surface area contributed by atoms with Crippen molar-refractivity contribution in [3.63, 3.8) is 0 Å². The van der Waals surface area contributed by atoms with Crippen molar-refractivity contribution in [1.29, 1.82) is 0 Å². The van der Waals surface area contributed by atoms with Gasteiger partial charge in [-0.15, -0.1) is 0 Å². The van der Waals surface area contributed by atoms with Gasteiger partial charge in [-0.3, -0.25) is 4.79 Å². The number of nitrogens with one attached hydrogen (secondary N) is 1. The first-order chi connectivity index (χ1) is 17.3. The molecule has 0 spiro atoms. The third kappa shape index (κ3) is 8.98. The van der Waals surface area contributed by atoms with Crippen LogP contribution in [0, 0.1) is 0 Å². The second-order valence-electron chi connectivity index (χ2n) is 8.13. The van der Waals surface area contributed by atoms with Crippen LogP contribution in [0.25, 0.3) is 6.08 Å². The first-order valence-corrected chi connectivity index (χ1v) is 11.9. The quantitative estimate of drug-likeness (QED) is 0.255. The Morgan fingerprint density at radius 1 is 1.03 bits per heavy atom. The molecule has 1 aromatic heterocycles. The van der Waals surface area contributed by atoms with Gasteiger partial charge in [0.1, 0.15) is 6.04 Å². The van der Waals surface area contributed by atoms with Gasteiger partial charge in [-0.2, -0.15) is 0 Å². The number of carboxylic acid groups (broad SMARTS) is 1. The number of carboxylic acids is 1. The topological polar surface area (TPSA) is 95.4 Å². The van der Waals surface area contributed by atoms with Gasteiger partial charge >= 0.3 is 35.5 Å². The molecule has 0 radical (unpaired) electrons. The Labute approximate surface area is 248 Å². The van der Waals surface area contributed by atoms with E-state index in [0.29, 0.717) is 12.5 Å². The van der Waals surface area contributed by atoms with Crippen molar-refractivity contribution in [3.8, 4) is 0 Å². The van der Waals surface area contributed by atoms with Gasteiger partial charge < -0.3 is 15.3 Å². The van der Waals surface area contributed by atoms with Gasteiger partial charge in [0.15, 0.2) is 0 Å². The van der Waals surface area contributed by atoms with Gasteiger partial charge in [-0.1, -0.05) is 65.2 Å². The van der Waals surface area contributed by atoms with Crippen LogP contribution < -0.4 is 10.2 Å². The molecule has 37 heavy (non-hydrogen) atoms. The molecule has 0 aliphatic heterocycles. The molecule has 1 amide bonds. The van der Waals surface area contributed by atoms with Crippen LogP contribution in [0.4, 0.5) is 11.6 Å². The number of aromatic nitrogens is 2. The Kier molecular flexibility index (Phi) is 12.3. The number of hydrogen-bond acceptors (Lipinski definition) is 5. The monoisotopic (exact) mass is 548 g/mol. The number of aliphatic carboxylic acids is 1. The van der Waals surface area contributed by atoms with E-state index in [1.165, 1.54) is 17.7 Å². The molecule has 2 aromatic carbocycles. The minimum atomic E-state index is -1.16. The van der Waals surface area contributed by atoms with Crippen molar-refractivity contribution < 1.29 is 14.7 Å². The fourth-order valence-electron chi connectivity index (χ4n) is 3.28. The molecule has 3 aromatic rings. The van der Waals surface area contributed by atoms with E-state index in [-0.39, 0.29) is 51.6 Å². The first-order valence-electron chi connectivity index (χ1n) is 11.2. The number of amides is 1. The molecule has 1 unspecified atom stereocenters. The van der Waals surface area contributed by atoms with E-state index in [4.69, 9.17) is 23.2 Å². The summed E-state index contributed by atoms with van der Waals surface area (Å²) in [5, 5.41) is 12.3. The molecule has 0 aliphatic carbocycles. The molecule has 1 heterocycles. The SMILES string of the molecule is CC(C)=CCN(c1ccc(C=CCC(NC(=O)c2c(Cl)cccc2Cl)C(=O)O)cc1)c1ncccn1.[NaH]. The fourth-order valence-corrected chi connectivity index (χ4v) is 3.85. The van der Waals surface area contributed by atoms with Crippen molar-refractivity contribution in [2.24, 2.45) is 0 Å². The molecular weight excluding hydrogens is 522 g/mol. The van der Waals surface area contributed by atoms with E-state index < -0.39 is 17.9 Å². The van der Waals surface area contributed by atoms with Crippen LogP contribution in [0.15, 0.2) is 78.6 Å². The summed E-state index contributed by atoms with van der Waals surface area (Å²) in [4.78, 5) is 35.0. The van der Waals surface area contributed by atoms with E-state index in [2.05, 4.69) is 21.4 Å². The Hall–Kier alpha value is -2.68. The van der Waals surface area contributed by atoms with Crippen LogP contribution in [-0.4, -0.2) is 69.1 Å². The van der Waals surface area contributed by atoms with Crippen molar-refractivity contribution in [1.82, 2.24) is 15.3 Å². The number of anilines is 2. The molecule has 0 fully saturated rings. The zero-order valence-electron chi connectivity index (χ0n) is 19.9. The van der Waals surface area contributed by atoms with Crippen LogP contribution in [0.5, 0.6) is 0 Å². The standard InChI is InChI=1S/C27H26Cl2N4O3.Na.H/c1-18(2)14-17-33(27-30-15-5-16-31-27)20-12-10-19(11-13-20)6-3-9-23(26(35)36)32-25(34)24-21(28)7-4-8-22(24)29;;/h3-8,10-16,23H,9,17H2,1-2H3,(H,32,34)(H,35,36);;. The number of carbonyl (C=O) groups is 2. The summed E-state index contributed by atoms with van der Waals surface area (Å²) in [6.07, 6.45) is 9.08. The summed E-state index contributed by atoms with van der Waals surface area (Å²) >= 11 is 12.1. The molecule has 0 aliphatic rings. The fraction of sp³-hybridized carbons (Fsp3) is 0.185. The molecule has 3 rings (SSSR count). The number of rotatable bonds is 10. The third-order valence-electron chi connectivity index (χ3n) is 5.16. The van der Waals surface area contributed by atoms with Crippen molar-refractivity contribution in [3.05, 3.63) is 99.8 Å². The second-order valence-corrected chi connectivity index (χ2v) is 8.95. The van der Waals surface area contributed by atoms with Crippen LogP contribution in [0.1, 0.15) is 36.2 Å². The van der Waals surface area contributed by atoms with E-state index in [1.54, 1.807) is 36.7 Å². The third-order valence-corrected chi connectivity index (χ3v) is 5.79. The second kappa shape index (κ2) is 14.9. The molecule has 10 heteroatoms. The molecule has 7 nitrogen and oxygen atoms in total. The Morgan fingerprint density at radius 2 is 1.65 bits per heavy atom. The number of hydrogen-bond donors (Lipinski definition) is 2. The summed E-state index contributed by atoms with van der Waals surface area (Å²) in [6.45, 7) is 4.69. The molecule has 2 N–H and O–H groups in total. The summed E-state index contributed by atoms with van der Waals surface area (Å²) < 4.78 is 0.